The Morgan fingerprint density at radius 3 is 2.47 bits per heavy atom. The van der Waals surface area contributed by atoms with Crippen molar-refractivity contribution >= 4 is 11.7 Å². The molecule has 1 aliphatic heterocycles. The van der Waals surface area contributed by atoms with Crippen molar-refractivity contribution in [2.24, 2.45) is 0 Å². The van der Waals surface area contributed by atoms with Crippen molar-refractivity contribution in [3.8, 4) is 0 Å². The van der Waals surface area contributed by atoms with Crippen LogP contribution in [0.4, 0.5) is 5.69 Å². The summed E-state index contributed by atoms with van der Waals surface area (Å²) in [5, 5.41) is 8.87. The van der Waals surface area contributed by atoms with E-state index in [1.165, 1.54) is 0 Å². The molecule has 4 nitrogen and oxygen atoms in total. The predicted octanol–water partition coefficient (Wildman–Crippen LogP) is 2.78. The molecule has 1 fully saturated rings. The summed E-state index contributed by atoms with van der Waals surface area (Å²) < 4.78 is 5.76. The van der Waals surface area contributed by atoms with Gasteiger partial charge in [-0.1, -0.05) is 6.92 Å². The van der Waals surface area contributed by atoms with E-state index in [1.54, 1.807) is 12.1 Å². The summed E-state index contributed by atoms with van der Waals surface area (Å²) in [6.45, 7) is 4.92. The quantitative estimate of drug-likeness (QED) is 0.887. The average Bonchev–Trinajstić information content (AvgIpc) is 2.46. The van der Waals surface area contributed by atoms with Crippen molar-refractivity contribution < 1.29 is 14.6 Å². The molecule has 0 unspecified atom stereocenters. The Labute approximate surface area is 114 Å². The first-order chi connectivity index (χ1) is 9.20. The van der Waals surface area contributed by atoms with Crippen LogP contribution in [-0.2, 0) is 4.74 Å². The molecule has 1 aliphatic rings. The van der Waals surface area contributed by atoms with Crippen LogP contribution < -0.4 is 4.90 Å². The molecule has 0 aliphatic carbocycles. The molecule has 0 bridgehead atoms. The van der Waals surface area contributed by atoms with Gasteiger partial charge in [0.2, 0.25) is 0 Å². The molecule has 0 amide bonds. The number of piperidine rings is 1. The molecule has 0 saturated carbocycles. The molecule has 2 rings (SSSR count). The van der Waals surface area contributed by atoms with Crippen molar-refractivity contribution in [2.45, 2.75) is 32.3 Å². The highest BCUT2D eigenvalue weighted by atomic mass is 16.5. The van der Waals surface area contributed by atoms with E-state index < -0.39 is 5.97 Å². The lowest BCUT2D eigenvalue weighted by molar-refractivity contribution is 0.0375. The van der Waals surface area contributed by atoms with E-state index in [-0.39, 0.29) is 0 Å². The Morgan fingerprint density at radius 1 is 1.32 bits per heavy atom. The summed E-state index contributed by atoms with van der Waals surface area (Å²) in [5.74, 6) is -0.877. The zero-order valence-electron chi connectivity index (χ0n) is 11.3. The zero-order valence-corrected chi connectivity index (χ0v) is 11.3. The highest BCUT2D eigenvalue weighted by Crippen LogP contribution is 2.22. The molecule has 1 aromatic rings. The van der Waals surface area contributed by atoms with Gasteiger partial charge >= 0.3 is 5.97 Å². The van der Waals surface area contributed by atoms with Gasteiger partial charge in [0.15, 0.2) is 0 Å². The second kappa shape index (κ2) is 6.57. The van der Waals surface area contributed by atoms with E-state index in [1.807, 2.05) is 12.1 Å². The molecule has 1 aromatic carbocycles. The topological polar surface area (TPSA) is 49.8 Å². The lowest BCUT2D eigenvalue weighted by Gasteiger charge is -2.33. The van der Waals surface area contributed by atoms with E-state index in [2.05, 4.69) is 11.8 Å². The number of carbonyl (C=O) groups is 1. The Kier molecular flexibility index (Phi) is 4.80. The van der Waals surface area contributed by atoms with Crippen LogP contribution in [0, 0.1) is 0 Å². The smallest absolute Gasteiger partial charge is 0.335 e. The van der Waals surface area contributed by atoms with Gasteiger partial charge in [0.05, 0.1) is 11.7 Å². The number of ether oxygens (including phenoxy) is 1. The Balaban J connectivity index is 1.88. The van der Waals surface area contributed by atoms with Crippen molar-refractivity contribution in [3.63, 3.8) is 0 Å². The summed E-state index contributed by atoms with van der Waals surface area (Å²) in [4.78, 5) is 13.1. The molecule has 4 heteroatoms. The lowest BCUT2D eigenvalue weighted by atomic mass is 10.1. The molecule has 0 aromatic heterocycles. The maximum absolute atomic E-state index is 10.8. The van der Waals surface area contributed by atoms with Crippen LogP contribution in [0.15, 0.2) is 24.3 Å². The van der Waals surface area contributed by atoms with E-state index in [9.17, 15) is 4.79 Å². The summed E-state index contributed by atoms with van der Waals surface area (Å²) in [7, 11) is 0. The van der Waals surface area contributed by atoms with Crippen LogP contribution in [0.1, 0.15) is 36.5 Å². The second-order valence-electron chi connectivity index (χ2n) is 4.91. The molecular formula is C15H21NO3. The van der Waals surface area contributed by atoms with E-state index in [0.29, 0.717) is 11.7 Å². The molecule has 1 N–H and O–H groups in total. The van der Waals surface area contributed by atoms with Gasteiger partial charge in [0.1, 0.15) is 0 Å². The van der Waals surface area contributed by atoms with Crippen molar-refractivity contribution in [2.75, 3.05) is 24.6 Å². The predicted molar refractivity (Wildman–Crippen MR) is 74.9 cm³/mol. The van der Waals surface area contributed by atoms with Crippen LogP contribution in [0.2, 0.25) is 0 Å². The fourth-order valence-corrected chi connectivity index (χ4v) is 2.38. The first-order valence-electron chi connectivity index (χ1n) is 6.90. The van der Waals surface area contributed by atoms with Crippen LogP contribution >= 0.6 is 0 Å². The second-order valence-corrected chi connectivity index (χ2v) is 4.91. The third kappa shape index (κ3) is 3.70. The van der Waals surface area contributed by atoms with E-state index in [0.717, 1.165) is 44.6 Å². The van der Waals surface area contributed by atoms with E-state index in [4.69, 9.17) is 9.84 Å². The molecule has 19 heavy (non-hydrogen) atoms. The minimum atomic E-state index is -0.877. The summed E-state index contributed by atoms with van der Waals surface area (Å²) in [6, 6.07) is 7.10. The normalized spacial score (nSPS) is 16.6. The summed E-state index contributed by atoms with van der Waals surface area (Å²) >= 11 is 0. The van der Waals surface area contributed by atoms with Gasteiger partial charge in [-0.25, -0.2) is 4.79 Å². The van der Waals surface area contributed by atoms with Gasteiger partial charge < -0.3 is 14.7 Å². The number of nitrogens with zero attached hydrogens (tertiary/aromatic N) is 1. The van der Waals surface area contributed by atoms with Crippen molar-refractivity contribution in [1.29, 1.82) is 0 Å². The minimum Gasteiger partial charge on any atom is -0.478 e. The third-order valence-electron chi connectivity index (χ3n) is 3.48. The first-order valence-corrected chi connectivity index (χ1v) is 6.90. The SMILES string of the molecule is CCCOC1CCN(c2ccc(C(=O)O)cc2)CC1. The number of benzene rings is 1. The van der Waals surface area contributed by atoms with Gasteiger partial charge in [0, 0.05) is 25.4 Å². The van der Waals surface area contributed by atoms with Crippen LogP contribution in [-0.4, -0.2) is 36.9 Å². The number of aromatic carboxylic acids is 1. The zero-order chi connectivity index (χ0) is 13.7. The Bertz CT molecular complexity index is 408. The van der Waals surface area contributed by atoms with Crippen molar-refractivity contribution in [3.05, 3.63) is 29.8 Å². The van der Waals surface area contributed by atoms with Gasteiger partial charge in [-0.2, -0.15) is 0 Å². The fraction of sp³-hybridized carbons (Fsp3) is 0.533. The maximum Gasteiger partial charge on any atom is 0.335 e. The number of rotatable bonds is 5. The van der Waals surface area contributed by atoms with Crippen LogP contribution in [0.5, 0.6) is 0 Å². The number of carboxylic acids is 1. The fourth-order valence-electron chi connectivity index (χ4n) is 2.38. The molecule has 1 heterocycles. The van der Waals surface area contributed by atoms with Gasteiger partial charge in [0.25, 0.3) is 0 Å². The Morgan fingerprint density at radius 2 is 1.95 bits per heavy atom. The lowest BCUT2D eigenvalue weighted by Crippen LogP contribution is -2.37. The molecule has 1 saturated heterocycles. The largest absolute Gasteiger partial charge is 0.478 e. The maximum atomic E-state index is 10.8. The van der Waals surface area contributed by atoms with Gasteiger partial charge in [-0.15, -0.1) is 0 Å². The monoisotopic (exact) mass is 263 g/mol. The third-order valence-corrected chi connectivity index (χ3v) is 3.48. The number of anilines is 1. The standard InChI is InChI=1S/C15H21NO3/c1-2-11-19-14-7-9-16(10-8-14)13-5-3-12(4-6-13)15(17)18/h3-6,14H,2,7-11H2,1H3,(H,17,18). The summed E-state index contributed by atoms with van der Waals surface area (Å²) in [6.07, 6.45) is 3.53. The number of carboxylic acid groups (broad SMARTS) is 1. The summed E-state index contributed by atoms with van der Waals surface area (Å²) in [5.41, 5.74) is 1.43. The Hall–Kier alpha value is -1.55. The van der Waals surface area contributed by atoms with Crippen LogP contribution in [0.25, 0.3) is 0 Å². The van der Waals surface area contributed by atoms with Crippen molar-refractivity contribution in [1.82, 2.24) is 0 Å². The molecule has 0 spiro atoms. The number of hydrogen-bond donors (Lipinski definition) is 1. The molecular weight excluding hydrogens is 242 g/mol. The highest BCUT2D eigenvalue weighted by molar-refractivity contribution is 5.88. The van der Waals surface area contributed by atoms with Crippen LogP contribution in [0.3, 0.4) is 0 Å². The highest BCUT2D eigenvalue weighted by Gasteiger charge is 2.19. The average molecular weight is 263 g/mol. The number of hydrogen-bond acceptors (Lipinski definition) is 3. The molecule has 0 atom stereocenters. The molecule has 104 valence electrons. The van der Waals surface area contributed by atoms with E-state index >= 15 is 0 Å². The minimum absolute atomic E-state index is 0.338. The van der Waals surface area contributed by atoms with Gasteiger partial charge in [-0.05, 0) is 43.5 Å². The molecule has 0 radical (unpaired) electrons. The van der Waals surface area contributed by atoms with Gasteiger partial charge in [-0.3, -0.25) is 0 Å². The first kappa shape index (κ1) is 13.9.